The standard InChI is InChI=1S/C28H32FNO4/c29-26-15-21(28(33)30-22-7-8-23(30)17-34-16-22)6-11-25(26)27(32)12-10-24(31)9-5-18-13-19-3-1-2-4-20(19)14-18/h1-4,6,11,15,18,22-24,31H,5,7-10,12-14,16-17H2/t22?,23?,24-/m0/s1. The Morgan fingerprint density at radius 3 is 2.35 bits per heavy atom. The van der Waals surface area contributed by atoms with Gasteiger partial charge in [0.1, 0.15) is 5.82 Å². The molecule has 0 saturated carbocycles. The molecule has 5 rings (SSSR count). The number of aliphatic hydroxyl groups is 1. The lowest BCUT2D eigenvalue weighted by Crippen LogP contribution is -2.49. The molecule has 0 radical (unpaired) electrons. The number of halogens is 1. The minimum Gasteiger partial charge on any atom is -0.393 e. The number of carbonyl (C=O) groups excluding carboxylic acids is 2. The number of benzene rings is 2. The Hall–Kier alpha value is -2.57. The summed E-state index contributed by atoms with van der Waals surface area (Å²) in [5.74, 6) is -0.671. The van der Waals surface area contributed by atoms with Crippen molar-refractivity contribution in [2.45, 2.75) is 69.6 Å². The molecular formula is C28H32FNO4. The van der Waals surface area contributed by atoms with Crippen LogP contribution in [0.4, 0.5) is 4.39 Å². The summed E-state index contributed by atoms with van der Waals surface area (Å²) in [5, 5.41) is 10.4. The first kappa shape index (κ1) is 23.2. The number of fused-ring (bicyclic) bond motifs is 3. The molecule has 2 fully saturated rings. The molecule has 0 spiro atoms. The van der Waals surface area contributed by atoms with Gasteiger partial charge in [-0.25, -0.2) is 4.39 Å². The van der Waals surface area contributed by atoms with E-state index in [1.165, 1.54) is 23.3 Å². The number of Topliss-reactive ketones (excluding diaryl/α,β-unsaturated/α-hetero) is 1. The lowest BCUT2D eigenvalue weighted by molar-refractivity contribution is -0.00718. The second-order valence-electron chi connectivity index (χ2n) is 10.1. The number of amides is 1. The molecule has 2 unspecified atom stereocenters. The van der Waals surface area contributed by atoms with Crippen LogP contribution in [0.1, 0.15) is 70.4 Å². The van der Waals surface area contributed by atoms with Gasteiger partial charge >= 0.3 is 0 Å². The first-order valence-electron chi connectivity index (χ1n) is 12.5. The minimum absolute atomic E-state index is 0.0139. The topological polar surface area (TPSA) is 66.8 Å². The lowest BCUT2D eigenvalue weighted by Gasteiger charge is -2.34. The molecule has 180 valence electrons. The molecule has 1 amide bonds. The van der Waals surface area contributed by atoms with E-state index < -0.39 is 11.9 Å². The van der Waals surface area contributed by atoms with Gasteiger partial charge in [-0.1, -0.05) is 24.3 Å². The summed E-state index contributed by atoms with van der Waals surface area (Å²) < 4.78 is 20.3. The van der Waals surface area contributed by atoms with Crippen LogP contribution >= 0.6 is 0 Å². The van der Waals surface area contributed by atoms with Crippen molar-refractivity contribution in [2.24, 2.45) is 5.92 Å². The predicted octanol–water partition coefficient (Wildman–Crippen LogP) is 4.35. The average molecular weight is 466 g/mol. The zero-order chi connectivity index (χ0) is 23.7. The molecule has 1 N–H and O–H groups in total. The normalized spacial score (nSPS) is 22.6. The number of morpholine rings is 1. The van der Waals surface area contributed by atoms with Gasteiger partial charge in [-0.2, -0.15) is 0 Å². The van der Waals surface area contributed by atoms with E-state index in [-0.39, 0.29) is 41.3 Å². The summed E-state index contributed by atoms with van der Waals surface area (Å²) in [4.78, 5) is 27.4. The van der Waals surface area contributed by atoms with Gasteiger partial charge in [-0.05, 0) is 80.2 Å². The van der Waals surface area contributed by atoms with E-state index in [2.05, 4.69) is 24.3 Å². The van der Waals surface area contributed by atoms with Gasteiger partial charge < -0.3 is 14.7 Å². The highest BCUT2D eigenvalue weighted by atomic mass is 19.1. The van der Waals surface area contributed by atoms with Crippen molar-refractivity contribution in [1.82, 2.24) is 4.90 Å². The Bertz CT molecular complexity index is 1030. The number of carbonyl (C=O) groups is 2. The molecule has 1 aliphatic carbocycles. The van der Waals surface area contributed by atoms with Gasteiger partial charge in [0.25, 0.3) is 5.91 Å². The maximum absolute atomic E-state index is 14.8. The molecular weight excluding hydrogens is 433 g/mol. The maximum Gasteiger partial charge on any atom is 0.254 e. The molecule has 2 bridgehead atoms. The zero-order valence-corrected chi connectivity index (χ0v) is 19.4. The summed E-state index contributed by atoms with van der Waals surface area (Å²) in [6.07, 6.45) is 5.29. The van der Waals surface area contributed by atoms with Crippen LogP contribution in [0.25, 0.3) is 0 Å². The largest absolute Gasteiger partial charge is 0.393 e. The molecule has 34 heavy (non-hydrogen) atoms. The predicted molar refractivity (Wildman–Crippen MR) is 126 cm³/mol. The van der Waals surface area contributed by atoms with Gasteiger partial charge in [0.2, 0.25) is 0 Å². The summed E-state index contributed by atoms with van der Waals surface area (Å²) in [6, 6.07) is 12.7. The fourth-order valence-corrected chi connectivity index (χ4v) is 5.84. The molecule has 2 aliphatic heterocycles. The number of ketones is 1. The Morgan fingerprint density at radius 2 is 1.71 bits per heavy atom. The maximum atomic E-state index is 14.8. The van der Waals surface area contributed by atoms with Crippen LogP contribution in [0.2, 0.25) is 0 Å². The van der Waals surface area contributed by atoms with Crippen molar-refractivity contribution < 1.29 is 23.8 Å². The smallest absolute Gasteiger partial charge is 0.254 e. The van der Waals surface area contributed by atoms with Crippen molar-refractivity contribution in [3.63, 3.8) is 0 Å². The van der Waals surface area contributed by atoms with Gasteiger partial charge in [-0.15, -0.1) is 0 Å². The van der Waals surface area contributed by atoms with E-state index in [1.807, 2.05) is 4.90 Å². The van der Waals surface area contributed by atoms with Crippen LogP contribution in [0.15, 0.2) is 42.5 Å². The highest BCUT2D eigenvalue weighted by Crippen LogP contribution is 2.31. The molecule has 2 aromatic rings. The zero-order valence-electron chi connectivity index (χ0n) is 19.4. The van der Waals surface area contributed by atoms with Gasteiger partial charge in [0.05, 0.1) is 37.0 Å². The Balaban J connectivity index is 1.11. The van der Waals surface area contributed by atoms with Crippen LogP contribution in [0.5, 0.6) is 0 Å². The van der Waals surface area contributed by atoms with Crippen LogP contribution in [0.3, 0.4) is 0 Å². The van der Waals surface area contributed by atoms with Crippen molar-refractivity contribution in [3.05, 3.63) is 70.5 Å². The highest BCUT2D eigenvalue weighted by Gasteiger charge is 2.40. The van der Waals surface area contributed by atoms with E-state index in [1.54, 1.807) is 6.07 Å². The van der Waals surface area contributed by atoms with E-state index in [9.17, 15) is 19.1 Å². The highest BCUT2D eigenvalue weighted by molar-refractivity contribution is 5.99. The van der Waals surface area contributed by atoms with E-state index in [4.69, 9.17) is 4.74 Å². The first-order chi connectivity index (χ1) is 16.5. The Labute approximate surface area is 199 Å². The summed E-state index contributed by atoms with van der Waals surface area (Å²) in [7, 11) is 0. The van der Waals surface area contributed by atoms with Crippen molar-refractivity contribution in [1.29, 1.82) is 0 Å². The Morgan fingerprint density at radius 1 is 1.03 bits per heavy atom. The second-order valence-corrected chi connectivity index (χ2v) is 10.1. The number of nitrogens with zero attached hydrogens (tertiary/aromatic N) is 1. The summed E-state index contributed by atoms with van der Waals surface area (Å²) in [6.45, 7) is 1.05. The molecule has 5 nitrogen and oxygen atoms in total. The Kier molecular flexibility index (Phi) is 6.79. The molecule has 0 aromatic heterocycles. The van der Waals surface area contributed by atoms with Crippen molar-refractivity contribution in [2.75, 3.05) is 13.2 Å². The molecule has 6 heteroatoms. The van der Waals surface area contributed by atoms with Crippen LogP contribution in [-0.4, -0.2) is 53.1 Å². The average Bonchev–Trinajstić information content (AvgIpc) is 3.37. The number of hydrogen-bond acceptors (Lipinski definition) is 4. The minimum atomic E-state index is -0.672. The number of aliphatic hydroxyl groups excluding tert-OH is 1. The van der Waals surface area contributed by atoms with Gasteiger partial charge in [-0.3, -0.25) is 9.59 Å². The van der Waals surface area contributed by atoms with Crippen LogP contribution in [-0.2, 0) is 17.6 Å². The fraction of sp³-hybridized carbons (Fsp3) is 0.500. The first-order valence-corrected chi connectivity index (χ1v) is 12.5. The monoisotopic (exact) mass is 465 g/mol. The third-order valence-corrected chi connectivity index (χ3v) is 7.74. The van der Waals surface area contributed by atoms with Crippen LogP contribution < -0.4 is 0 Å². The van der Waals surface area contributed by atoms with E-state index >= 15 is 0 Å². The molecule has 2 aromatic carbocycles. The molecule has 3 atom stereocenters. The number of rotatable bonds is 8. The van der Waals surface area contributed by atoms with Crippen molar-refractivity contribution >= 4 is 11.7 Å². The summed E-state index contributed by atoms with van der Waals surface area (Å²) in [5.41, 5.74) is 3.05. The summed E-state index contributed by atoms with van der Waals surface area (Å²) >= 11 is 0. The van der Waals surface area contributed by atoms with E-state index in [0.29, 0.717) is 32.0 Å². The lowest BCUT2D eigenvalue weighted by atomic mass is 9.95. The molecule has 2 heterocycles. The van der Waals surface area contributed by atoms with Crippen LogP contribution in [0, 0.1) is 11.7 Å². The van der Waals surface area contributed by atoms with Gasteiger partial charge in [0.15, 0.2) is 5.78 Å². The molecule has 3 aliphatic rings. The second kappa shape index (κ2) is 9.96. The SMILES string of the molecule is O=C(CC[C@@H](O)CCC1Cc2ccccc2C1)c1ccc(C(=O)N2C3CCC2COC3)cc1F. The van der Waals surface area contributed by atoms with E-state index in [0.717, 1.165) is 32.1 Å². The third-order valence-electron chi connectivity index (χ3n) is 7.74. The number of ether oxygens (including phenoxy) is 1. The van der Waals surface area contributed by atoms with Crippen molar-refractivity contribution in [3.8, 4) is 0 Å². The quantitative estimate of drug-likeness (QED) is 0.589. The van der Waals surface area contributed by atoms with Gasteiger partial charge in [0, 0.05) is 12.0 Å². The third kappa shape index (κ3) is 4.80. The number of hydrogen-bond donors (Lipinski definition) is 1. The molecule has 2 saturated heterocycles. The fourth-order valence-electron chi connectivity index (χ4n) is 5.84.